The maximum absolute atomic E-state index is 12.7. The highest BCUT2D eigenvalue weighted by molar-refractivity contribution is 5.94. The zero-order valence-electron chi connectivity index (χ0n) is 12.3. The molecule has 0 spiro atoms. The average molecular weight is 344 g/mol. The number of halogens is 5. The summed E-state index contributed by atoms with van der Waals surface area (Å²) in [4.78, 5) is 16.5. The van der Waals surface area contributed by atoms with E-state index in [1.165, 1.54) is 42.6 Å². The lowest BCUT2D eigenvalue weighted by molar-refractivity contribution is -0.132. The Balaban J connectivity index is 2.23. The Labute approximate surface area is 134 Å². The molecule has 24 heavy (non-hydrogen) atoms. The molecular weight excluding hydrogens is 331 g/mol. The number of carbonyl (C=O) groups is 1. The highest BCUT2D eigenvalue weighted by Gasteiger charge is 2.34. The van der Waals surface area contributed by atoms with Crippen molar-refractivity contribution in [2.75, 3.05) is 11.4 Å². The fourth-order valence-corrected chi connectivity index (χ4v) is 2.10. The third-order valence-corrected chi connectivity index (χ3v) is 3.12. The summed E-state index contributed by atoms with van der Waals surface area (Å²) in [6.07, 6.45) is -6.50. The van der Waals surface area contributed by atoms with E-state index in [1.54, 1.807) is 0 Å². The minimum atomic E-state index is -4.61. The zero-order chi connectivity index (χ0) is 17.7. The van der Waals surface area contributed by atoms with Gasteiger partial charge in [0.05, 0.1) is 6.42 Å². The lowest BCUT2D eigenvalue weighted by Crippen LogP contribution is -2.40. The van der Waals surface area contributed by atoms with Crippen LogP contribution in [0.15, 0.2) is 48.7 Å². The molecule has 1 aromatic carbocycles. The summed E-state index contributed by atoms with van der Waals surface area (Å²) in [5, 5.41) is 0. The van der Waals surface area contributed by atoms with Gasteiger partial charge in [-0.05, 0) is 23.8 Å². The fraction of sp³-hybridized carbons (Fsp3) is 0.250. The quantitative estimate of drug-likeness (QED) is 0.763. The van der Waals surface area contributed by atoms with Crippen molar-refractivity contribution in [3.8, 4) is 0 Å². The van der Waals surface area contributed by atoms with Crippen LogP contribution in [0.1, 0.15) is 17.6 Å². The van der Waals surface area contributed by atoms with Crippen LogP contribution in [0.5, 0.6) is 0 Å². The van der Waals surface area contributed by atoms with Crippen molar-refractivity contribution in [3.63, 3.8) is 0 Å². The summed E-state index contributed by atoms with van der Waals surface area (Å²) in [5.41, 5.74) is -0.0820. The largest absolute Gasteiger partial charge is 0.406 e. The molecule has 1 aromatic heterocycles. The Morgan fingerprint density at radius 2 is 1.88 bits per heavy atom. The monoisotopic (exact) mass is 344 g/mol. The standard InChI is InChI=1S/C16H13F5N2O/c17-15(18)12-5-3-4-11(8-12)9-14(24)23(10-16(19,20)21)13-6-1-2-7-22-13/h1-8,15H,9-10H2. The van der Waals surface area contributed by atoms with Gasteiger partial charge >= 0.3 is 6.18 Å². The fourth-order valence-electron chi connectivity index (χ4n) is 2.10. The molecule has 2 rings (SSSR count). The van der Waals surface area contributed by atoms with Gasteiger partial charge in [-0.1, -0.05) is 24.3 Å². The molecule has 0 aliphatic carbocycles. The maximum Gasteiger partial charge on any atom is 0.406 e. The third kappa shape index (κ3) is 5.00. The minimum absolute atomic E-state index is 0.148. The van der Waals surface area contributed by atoms with Crippen LogP contribution in [0.4, 0.5) is 27.8 Å². The third-order valence-electron chi connectivity index (χ3n) is 3.12. The summed E-state index contributed by atoms with van der Waals surface area (Å²) in [5.74, 6) is -1.03. The lowest BCUT2D eigenvalue weighted by atomic mass is 10.1. The molecule has 2 aromatic rings. The van der Waals surface area contributed by atoms with Crippen LogP contribution in [0.25, 0.3) is 0 Å². The Hall–Kier alpha value is -2.51. The van der Waals surface area contributed by atoms with Crippen LogP contribution >= 0.6 is 0 Å². The van der Waals surface area contributed by atoms with Crippen molar-refractivity contribution in [1.82, 2.24) is 4.98 Å². The van der Waals surface area contributed by atoms with Crippen LogP contribution < -0.4 is 4.90 Å². The minimum Gasteiger partial charge on any atom is -0.287 e. The average Bonchev–Trinajstić information content (AvgIpc) is 2.53. The molecule has 0 N–H and O–H groups in total. The van der Waals surface area contributed by atoms with Gasteiger partial charge in [0, 0.05) is 11.8 Å². The number of hydrogen-bond acceptors (Lipinski definition) is 2. The highest BCUT2D eigenvalue weighted by atomic mass is 19.4. The van der Waals surface area contributed by atoms with Crippen LogP contribution in [0.3, 0.4) is 0 Å². The van der Waals surface area contributed by atoms with E-state index < -0.39 is 31.5 Å². The molecular formula is C16H13F5N2O. The molecule has 0 saturated heterocycles. The van der Waals surface area contributed by atoms with Gasteiger partial charge in [-0.2, -0.15) is 13.2 Å². The van der Waals surface area contributed by atoms with Gasteiger partial charge < -0.3 is 0 Å². The van der Waals surface area contributed by atoms with E-state index in [0.717, 1.165) is 6.07 Å². The lowest BCUT2D eigenvalue weighted by Gasteiger charge is -2.23. The molecule has 1 amide bonds. The number of hydrogen-bond donors (Lipinski definition) is 0. The summed E-state index contributed by atoms with van der Waals surface area (Å²) in [6, 6.07) is 9.27. The number of anilines is 1. The number of aromatic nitrogens is 1. The van der Waals surface area contributed by atoms with Gasteiger partial charge in [0.15, 0.2) is 0 Å². The van der Waals surface area contributed by atoms with Crippen molar-refractivity contribution in [3.05, 3.63) is 59.8 Å². The number of rotatable bonds is 5. The maximum atomic E-state index is 12.7. The van der Waals surface area contributed by atoms with E-state index in [4.69, 9.17) is 0 Å². The van der Waals surface area contributed by atoms with Crippen LogP contribution in [0, 0.1) is 0 Å². The molecule has 0 unspecified atom stereocenters. The van der Waals surface area contributed by atoms with E-state index in [1.807, 2.05) is 0 Å². The molecule has 0 radical (unpaired) electrons. The van der Waals surface area contributed by atoms with Crippen LogP contribution in [-0.2, 0) is 11.2 Å². The number of nitrogens with zero attached hydrogens (tertiary/aromatic N) is 2. The highest BCUT2D eigenvalue weighted by Crippen LogP contribution is 2.23. The number of alkyl halides is 5. The topological polar surface area (TPSA) is 33.2 Å². The van der Waals surface area contributed by atoms with Crippen molar-refractivity contribution in [2.24, 2.45) is 0 Å². The Bertz CT molecular complexity index is 688. The van der Waals surface area contributed by atoms with E-state index in [-0.39, 0.29) is 16.9 Å². The molecule has 0 saturated carbocycles. The molecule has 128 valence electrons. The molecule has 0 aliphatic heterocycles. The summed E-state index contributed by atoms with van der Waals surface area (Å²) in [7, 11) is 0. The Morgan fingerprint density at radius 1 is 1.12 bits per heavy atom. The van der Waals surface area contributed by atoms with E-state index >= 15 is 0 Å². The summed E-state index contributed by atoms with van der Waals surface area (Å²) >= 11 is 0. The van der Waals surface area contributed by atoms with Crippen LogP contribution in [-0.4, -0.2) is 23.6 Å². The normalized spacial score (nSPS) is 11.6. The van der Waals surface area contributed by atoms with Gasteiger partial charge in [-0.15, -0.1) is 0 Å². The van der Waals surface area contributed by atoms with Crippen molar-refractivity contribution in [2.45, 2.75) is 19.0 Å². The SMILES string of the molecule is O=C(Cc1cccc(C(F)F)c1)N(CC(F)(F)F)c1ccccn1. The van der Waals surface area contributed by atoms with Crippen molar-refractivity contribution >= 4 is 11.7 Å². The van der Waals surface area contributed by atoms with Crippen molar-refractivity contribution in [1.29, 1.82) is 0 Å². The molecule has 3 nitrogen and oxygen atoms in total. The van der Waals surface area contributed by atoms with Gasteiger partial charge in [0.2, 0.25) is 5.91 Å². The van der Waals surface area contributed by atoms with E-state index in [9.17, 15) is 26.7 Å². The molecule has 0 fully saturated rings. The molecule has 0 aliphatic rings. The number of amides is 1. The van der Waals surface area contributed by atoms with Gasteiger partial charge in [0.1, 0.15) is 12.4 Å². The predicted octanol–water partition coefficient (Wildman–Crippen LogP) is 4.16. The van der Waals surface area contributed by atoms with Crippen LogP contribution in [0.2, 0.25) is 0 Å². The van der Waals surface area contributed by atoms with E-state index in [0.29, 0.717) is 4.90 Å². The van der Waals surface area contributed by atoms with Crippen molar-refractivity contribution < 1.29 is 26.7 Å². The number of carbonyl (C=O) groups excluding carboxylic acids is 1. The first-order valence-electron chi connectivity index (χ1n) is 6.91. The predicted molar refractivity (Wildman–Crippen MR) is 77.7 cm³/mol. The molecule has 1 heterocycles. The summed E-state index contributed by atoms with van der Waals surface area (Å²) in [6.45, 7) is -1.50. The first kappa shape index (κ1) is 17.8. The number of pyridine rings is 1. The first-order valence-corrected chi connectivity index (χ1v) is 6.91. The van der Waals surface area contributed by atoms with Gasteiger partial charge in [-0.3, -0.25) is 9.69 Å². The second-order valence-electron chi connectivity index (χ2n) is 5.01. The van der Waals surface area contributed by atoms with Gasteiger partial charge in [0.25, 0.3) is 6.43 Å². The first-order chi connectivity index (χ1) is 11.3. The molecule has 0 bridgehead atoms. The second-order valence-corrected chi connectivity index (χ2v) is 5.01. The number of benzene rings is 1. The second kappa shape index (κ2) is 7.37. The van der Waals surface area contributed by atoms with Gasteiger partial charge in [-0.25, -0.2) is 13.8 Å². The molecule has 8 heteroatoms. The van der Waals surface area contributed by atoms with E-state index in [2.05, 4.69) is 4.98 Å². The molecule has 0 atom stereocenters. The Morgan fingerprint density at radius 3 is 2.46 bits per heavy atom. The Kier molecular flexibility index (Phi) is 5.48. The zero-order valence-corrected chi connectivity index (χ0v) is 12.3. The summed E-state index contributed by atoms with van der Waals surface area (Å²) < 4.78 is 63.6. The smallest absolute Gasteiger partial charge is 0.287 e.